The lowest BCUT2D eigenvalue weighted by Gasteiger charge is -2.28. The average Bonchev–Trinajstić information content (AvgIpc) is 3.02. The molecular weight excluding hydrogens is 415 g/mol. The molecule has 7 nitrogen and oxygen atoms in total. The molecule has 1 atom stereocenters. The molecule has 31 heavy (non-hydrogen) atoms. The number of benzene rings is 2. The molecule has 164 valence electrons. The Kier molecular flexibility index (Phi) is 6.19. The summed E-state index contributed by atoms with van der Waals surface area (Å²) in [7, 11) is 1.48. The molecular formula is C21H20F3N3O4. The number of carbonyl (C=O) groups is 2. The minimum Gasteiger partial charge on any atom is -0.497 e. The molecule has 10 heteroatoms. The predicted octanol–water partition coefficient (Wildman–Crippen LogP) is 3.49. The third-order valence-electron chi connectivity index (χ3n) is 4.58. The Morgan fingerprint density at radius 2 is 1.77 bits per heavy atom. The van der Waals surface area contributed by atoms with Gasteiger partial charge in [-0.2, -0.15) is 13.2 Å². The molecule has 1 aliphatic heterocycles. The molecule has 0 bridgehead atoms. The summed E-state index contributed by atoms with van der Waals surface area (Å²) in [4.78, 5) is 29.6. The number of alkyl halides is 3. The lowest BCUT2D eigenvalue weighted by molar-refractivity contribution is -0.197. The lowest BCUT2D eigenvalue weighted by Crippen LogP contribution is -2.63. The average molecular weight is 435 g/mol. The molecule has 0 aromatic heterocycles. The molecule has 0 fully saturated rings. The molecule has 0 saturated carbocycles. The van der Waals surface area contributed by atoms with E-state index >= 15 is 0 Å². The maximum absolute atomic E-state index is 14.1. The fourth-order valence-electron chi connectivity index (χ4n) is 3.08. The lowest BCUT2D eigenvalue weighted by atomic mass is 10.1. The van der Waals surface area contributed by atoms with Crippen molar-refractivity contribution in [3.05, 3.63) is 65.7 Å². The number of rotatable bonds is 6. The predicted molar refractivity (Wildman–Crippen MR) is 105 cm³/mol. The highest BCUT2D eigenvalue weighted by Gasteiger charge is 2.67. The Morgan fingerprint density at radius 3 is 2.32 bits per heavy atom. The third kappa shape index (κ3) is 4.32. The number of methoxy groups -OCH3 is 1. The van der Waals surface area contributed by atoms with Crippen molar-refractivity contribution in [3.63, 3.8) is 0 Å². The minimum absolute atomic E-state index is 0.168. The highest BCUT2D eigenvalue weighted by Crippen LogP contribution is 2.39. The van der Waals surface area contributed by atoms with Crippen LogP contribution in [0.3, 0.4) is 0 Å². The van der Waals surface area contributed by atoms with Crippen LogP contribution in [0, 0.1) is 0 Å². The fraction of sp³-hybridized carbons (Fsp3) is 0.286. The summed E-state index contributed by atoms with van der Waals surface area (Å²) in [5, 5.41) is 1.63. The van der Waals surface area contributed by atoms with Gasteiger partial charge in [0.25, 0.3) is 5.91 Å². The second kappa shape index (κ2) is 8.66. The first-order chi connectivity index (χ1) is 14.7. The number of amidine groups is 1. The number of aliphatic imine (C=N–C) groups is 1. The van der Waals surface area contributed by atoms with E-state index in [2.05, 4.69) is 9.73 Å². The zero-order valence-corrected chi connectivity index (χ0v) is 16.8. The quantitative estimate of drug-likeness (QED) is 0.753. The van der Waals surface area contributed by atoms with Crippen LogP contribution in [-0.4, -0.2) is 48.3 Å². The molecule has 2 aromatic rings. The minimum atomic E-state index is -5.20. The van der Waals surface area contributed by atoms with Crippen molar-refractivity contribution in [2.45, 2.75) is 25.3 Å². The highest BCUT2D eigenvalue weighted by atomic mass is 19.4. The van der Waals surface area contributed by atoms with E-state index in [1.54, 1.807) is 47.8 Å². The standard InChI is InChI=1S/C21H20F3N3O4/c1-3-31-19(29)26-20(21(22,23)24)18(28)27(13-14-9-11-16(30-2)12-10-14)17(25-20)15-7-5-4-6-8-15/h4-12H,3,13H2,1-2H3,(H,26,29). The number of nitrogens with zero attached hydrogens (tertiary/aromatic N) is 2. The highest BCUT2D eigenvalue weighted by molar-refractivity contribution is 6.16. The summed E-state index contributed by atoms with van der Waals surface area (Å²) >= 11 is 0. The van der Waals surface area contributed by atoms with Gasteiger partial charge in [-0.25, -0.2) is 9.79 Å². The largest absolute Gasteiger partial charge is 0.497 e. The molecule has 3 rings (SSSR count). The van der Waals surface area contributed by atoms with E-state index in [9.17, 15) is 22.8 Å². The van der Waals surface area contributed by atoms with Crippen LogP contribution < -0.4 is 10.1 Å². The van der Waals surface area contributed by atoms with E-state index in [-0.39, 0.29) is 19.0 Å². The number of amides is 2. The van der Waals surface area contributed by atoms with Gasteiger partial charge >= 0.3 is 17.9 Å². The number of ether oxygens (including phenoxy) is 2. The molecule has 2 aromatic carbocycles. The molecule has 1 N–H and O–H groups in total. The number of hydrogen-bond donors (Lipinski definition) is 1. The van der Waals surface area contributed by atoms with E-state index in [4.69, 9.17) is 4.74 Å². The fourth-order valence-corrected chi connectivity index (χ4v) is 3.08. The van der Waals surface area contributed by atoms with E-state index in [0.29, 0.717) is 16.9 Å². The normalized spacial score (nSPS) is 18.5. The summed E-state index contributed by atoms with van der Waals surface area (Å²) in [5.41, 5.74) is -2.65. The Bertz CT molecular complexity index is 978. The second-order valence-electron chi connectivity index (χ2n) is 6.59. The molecule has 0 aliphatic carbocycles. The van der Waals surface area contributed by atoms with Crippen LogP contribution in [0.4, 0.5) is 18.0 Å². The van der Waals surface area contributed by atoms with Gasteiger partial charge in [0, 0.05) is 5.56 Å². The third-order valence-corrected chi connectivity index (χ3v) is 4.58. The monoisotopic (exact) mass is 435 g/mol. The Hall–Kier alpha value is -3.56. The van der Waals surface area contributed by atoms with Crippen molar-refractivity contribution in [2.75, 3.05) is 13.7 Å². The van der Waals surface area contributed by atoms with Gasteiger partial charge in [0.1, 0.15) is 11.6 Å². The van der Waals surface area contributed by atoms with Gasteiger partial charge in [-0.3, -0.25) is 15.0 Å². The number of carbonyl (C=O) groups excluding carboxylic acids is 2. The zero-order chi connectivity index (χ0) is 22.6. The van der Waals surface area contributed by atoms with E-state index < -0.39 is 23.8 Å². The molecule has 0 radical (unpaired) electrons. The maximum atomic E-state index is 14.1. The van der Waals surface area contributed by atoms with Crippen molar-refractivity contribution in [1.82, 2.24) is 10.2 Å². The number of alkyl carbamates (subject to hydrolysis) is 1. The van der Waals surface area contributed by atoms with Crippen molar-refractivity contribution in [1.29, 1.82) is 0 Å². The summed E-state index contributed by atoms with van der Waals surface area (Å²) in [6, 6.07) is 14.5. The first-order valence-electron chi connectivity index (χ1n) is 9.33. The van der Waals surface area contributed by atoms with Gasteiger partial charge < -0.3 is 9.47 Å². The molecule has 0 saturated heterocycles. The number of hydrogen-bond acceptors (Lipinski definition) is 5. The van der Waals surface area contributed by atoms with Crippen LogP contribution in [0.15, 0.2) is 59.6 Å². The van der Waals surface area contributed by atoms with E-state index in [0.717, 1.165) is 4.90 Å². The molecule has 0 spiro atoms. The Labute approximate surface area is 176 Å². The van der Waals surface area contributed by atoms with Crippen LogP contribution in [-0.2, 0) is 16.1 Å². The van der Waals surface area contributed by atoms with Gasteiger partial charge in [-0.1, -0.05) is 42.5 Å². The van der Waals surface area contributed by atoms with Gasteiger partial charge in [0.15, 0.2) is 0 Å². The Morgan fingerprint density at radius 1 is 1.13 bits per heavy atom. The van der Waals surface area contributed by atoms with Gasteiger partial charge in [-0.05, 0) is 24.6 Å². The van der Waals surface area contributed by atoms with Gasteiger partial charge in [0.2, 0.25) is 0 Å². The molecule has 2 amide bonds. The molecule has 1 unspecified atom stereocenters. The smallest absolute Gasteiger partial charge is 0.442 e. The van der Waals surface area contributed by atoms with Crippen LogP contribution in [0.1, 0.15) is 18.1 Å². The summed E-state index contributed by atoms with van der Waals surface area (Å²) in [6.07, 6.45) is -6.60. The maximum Gasteiger partial charge on any atom is 0.442 e. The van der Waals surface area contributed by atoms with Crippen LogP contribution in [0.2, 0.25) is 0 Å². The van der Waals surface area contributed by atoms with Crippen LogP contribution >= 0.6 is 0 Å². The summed E-state index contributed by atoms with van der Waals surface area (Å²) in [6.45, 7) is 1.07. The summed E-state index contributed by atoms with van der Waals surface area (Å²) in [5.74, 6) is -1.08. The number of halogens is 3. The second-order valence-corrected chi connectivity index (χ2v) is 6.59. The van der Waals surface area contributed by atoms with E-state index in [1.807, 2.05) is 0 Å². The van der Waals surface area contributed by atoms with Crippen molar-refractivity contribution >= 4 is 17.8 Å². The summed E-state index contributed by atoms with van der Waals surface area (Å²) < 4.78 is 52.0. The molecule has 1 heterocycles. The Balaban J connectivity index is 2.07. The SMILES string of the molecule is CCOC(=O)NC1(C(F)(F)F)N=C(c2ccccc2)N(Cc2ccc(OC)cc2)C1=O. The molecule has 1 aliphatic rings. The van der Waals surface area contributed by atoms with Gasteiger partial charge in [0.05, 0.1) is 20.3 Å². The first-order valence-corrected chi connectivity index (χ1v) is 9.33. The van der Waals surface area contributed by atoms with Crippen LogP contribution in [0.5, 0.6) is 5.75 Å². The van der Waals surface area contributed by atoms with Crippen LogP contribution in [0.25, 0.3) is 0 Å². The first kappa shape index (κ1) is 22.1. The van der Waals surface area contributed by atoms with Crippen molar-refractivity contribution < 1.29 is 32.2 Å². The van der Waals surface area contributed by atoms with Crippen molar-refractivity contribution in [3.8, 4) is 5.75 Å². The number of nitrogens with one attached hydrogen (secondary N) is 1. The van der Waals surface area contributed by atoms with Crippen molar-refractivity contribution in [2.24, 2.45) is 4.99 Å². The zero-order valence-electron chi connectivity index (χ0n) is 16.8. The van der Waals surface area contributed by atoms with E-state index in [1.165, 1.54) is 26.2 Å². The topological polar surface area (TPSA) is 80.2 Å². The van der Waals surface area contributed by atoms with Gasteiger partial charge in [-0.15, -0.1) is 0 Å².